The summed E-state index contributed by atoms with van der Waals surface area (Å²) in [6, 6.07) is 12.4. The van der Waals surface area contributed by atoms with Crippen molar-refractivity contribution in [3.8, 4) is 22.9 Å². The van der Waals surface area contributed by atoms with E-state index in [1.54, 1.807) is 6.07 Å². The Hall–Kier alpha value is -3.28. The lowest BCUT2D eigenvalue weighted by atomic mass is 10.0. The van der Waals surface area contributed by atoms with Gasteiger partial charge in [-0.3, -0.25) is 0 Å². The van der Waals surface area contributed by atoms with Gasteiger partial charge in [-0.15, -0.1) is 0 Å². The predicted octanol–water partition coefficient (Wildman–Crippen LogP) is 8.75. The first-order valence-corrected chi connectivity index (χ1v) is 14.2. The summed E-state index contributed by atoms with van der Waals surface area (Å²) in [6.07, 6.45) is 17.2. The molecule has 0 saturated heterocycles. The smallest absolute Gasteiger partial charge is 0.346 e. The molecule has 0 unspecified atom stereocenters. The highest BCUT2D eigenvalue weighted by atomic mass is 19.1. The quantitative estimate of drug-likeness (QED) is 0.131. The van der Waals surface area contributed by atoms with Gasteiger partial charge in [0.1, 0.15) is 11.6 Å². The molecule has 1 aromatic heterocycles. The topological polar surface area (TPSA) is 61.3 Å². The third kappa shape index (κ3) is 9.88. The van der Waals surface area contributed by atoms with Crippen LogP contribution in [0, 0.1) is 5.82 Å². The Bertz CT molecular complexity index is 1100. The summed E-state index contributed by atoms with van der Waals surface area (Å²) in [5.74, 6) is -0.380. The normalized spacial score (nSPS) is 10.9. The van der Waals surface area contributed by atoms with Crippen LogP contribution >= 0.6 is 0 Å². The zero-order valence-electron chi connectivity index (χ0n) is 22.9. The van der Waals surface area contributed by atoms with Gasteiger partial charge >= 0.3 is 5.97 Å². The molecule has 0 N–H and O–H groups in total. The van der Waals surface area contributed by atoms with Gasteiger partial charge in [0.2, 0.25) is 0 Å². The first kappa shape index (κ1) is 29.3. The summed E-state index contributed by atoms with van der Waals surface area (Å²) < 4.78 is 25.5. The van der Waals surface area contributed by atoms with Gasteiger partial charge in [-0.2, -0.15) is 0 Å². The number of aryl methyl sites for hydroxylation is 1. The van der Waals surface area contributed by atoms with Crippen molar-refractivity contribution in [1.82, 2.24) is 9.97 Å². The number of benzene rings is 2. The molecule has 0 aliphatic rings. The Morgan fingerprint density at radius 3 is 2.05 bits per heavy atom. The van der Waals surface area contributed by atoms with Crippen molar-refractivity contribution in [3.63, 3.8) is 0 Å². The molecule has 0 aliphatic heterocycles. The summed E-state index contributed by atoms with van der Waals surface area (Å²) in [4.78, 5) is 21.1. The number of hydrogen-bond acceptors (Lipinski definition) is 5. The molecule has 1 heterocycles. The van der Waals surface area contributed by atoms with E-state index >= 15 is 0 Å². The van der Waals surface area contributed by atoms with Gasteiger partial charge in [-0.25, -0.2) is 19.2 Å². The van der Waals surface area contributed by atoms with Crippen LogP contribution in [0.3, 0.4) is 0 Å². The molecule has 6 heteroatoms. The fourth-order valence-electron chi connectivity index (χ4n) is 4.26. The lowest BCUT2D eigenvalue weighted by Gasteiger charge is -2.09. The van der Waals surface area contributed by atoms with Crippen molar-refractivity contribution in [2.75, 3.05) is 6.61 Å². The minimum atomic E-state index is -0.801. The molecule has 0 radical (unpaired) electrons. The number of rotatable bonds is 17. The first-order chi connectivity index (χ1) is 18.6. The molecule has 0 saturated carbocycles. The summed E-state index contributed by atoms with van der Waals surface area (Å²) in [6.45, 7) is 4.95. The lowest BCUT2D eigenvalue weighted by Crippen LogP contribution is -2.11. The van der Waals surface area contributed by atoms with Crippen LogP contribution in [0.5, 0.6) is 11.5 Å². The number of hydrogen-bond donors (Lipinski definition) is 0. The summed E-state index contributed by atoms with van der Waals surface area (Å²) >= 11 is 0. The first-order valence-electron chi connectivity index (χ1n) is 14.2. The number of unbranched alkanes of at least 4 members (excludes halogenated alkanes) is 9. The van der Waals surface area contributed by atoms with E-state index in [0.29, 0.717) is 18.2 Å². The van der Waals surface area contributed by atoms with E-state index in [-0.39, 0.29) is 11.3 Å². The molecular formula is C32H41FN2O3. The Kier molecular flexibility index (Phi) is 12.7. The number of halogens is 1. The summed E-state index contributed by atoms with van der Waals surface area (Å²) in [5, 5.41) is 0. The molecule has 3 aromatic rings. The van der Waals surface area contributed by atoms with E-state index in [1.165, 1.54) is 87.9 Å². The average Bonchev–Trinajstić information content (AvgIpc) is 2.93. The second kappa shape index (κ2) is 16.5. The van der Waals surface area contributed by atoms with Crippen LogP contribution in [0.2, 0.25) is 0 Å². The van der Waals surface area contributed by atoms with Crippen molar-refractivity contribution >= 4 is 5.97 Å². The molecule has 0 atom stereocenters. The van der Waals surface area contributed by atoms with E-state index in [9.17, 15) is 9.18 Å². The highest BCUT2D eigenvalue weighted by Crippen LogP contribution is 2.21. The molecule has 0 amide bonds. The monoisotopic (exact) mass is 520 g/mol. The van der Waals surface area contributed by atoms with Crippen LogP contribution in [0.1, 0.15) is 100 Å². The predicted molar refractivity (Wildman–Crippen MR) is 150 cm³/mol. The third-order valence-electron chi connectivity index (χ3n) is 6.55. The van der Waals surface area contributed by atoms with Crippen molar-refractivity contribution in [2.45, 2.75) is 90.9 Å². The highest BCUT2D eigenvalue weighted by molar-refractivity contribution is 5.91. The highest BCUT2D eigenvalue weighted by Gasteiger charge is 2.16. The number of esters is 1. The average molecular weight is 521 g/mol. The molecule has 3 rings (SSSR count). The number of carbonyl (C=O) groups excluding carboxylic acids is 1. The summed E-state index contributed by atoms with van der Waals surface area (Å²) in [7, 11) is 0. The van der Waals surface area contributed by atoms with Gasteiger partial charge < -0.3 is 9.47 Å². The zero-order chi connectivity index (χ0) is 27.0. The molecule has 38 heavy (non-hydrogen) atoms. The van der Waals surface area contributed by atoms with Gasteiger partial charge in [-0.1, -0.05) is 95.9 Å². The SMILES string of the molecule is CCCCCCCCCOc1ccc(C(=O)Oc2cnc(-c3ccc(CCCCCC)cc3)nc2)c(F)c1. The van der Waals surface area contributed by atoms with Crippen molar-refractivity contribution in [1.29, 1.82) is 0 Å². The molecular weight excluding hydrogens is 479 g/mol. The van der Waals surface area contributed by atoms with E-state index in [0.717, 1.165) is 24.8 Å². The standard InChI is InChI=1S/C32H41FN2O3/c1-3-5-7-9-10-11-13-21-37-27-19-20-29(30(33)22-27)32(36)38-28-23-34-31(35-24-28)26-17-15-25(16-18-26)14-12-8-6-4-2/h15-20,22-24H,3-14,21H2,1-2H3. The van der Waals surface area contributed by atoms with Crippen LogP contribution in [0.15, 0.2) is 54.9 Å². The van der Waals surface area contributed by atoms with E-state index < -0.39 is 11.8 Å². The van der Waals surface area contributed by atoms with Crippen molar-refractivity contribution < 1.29 is 18.7 Å². The molecule has 5 nitrogen and oxygen atoms in total. The van der Waals surface area contributed by atoms with Crippen molar-refractivity contribution in [3.05, 3.63) is 71.8 Å². The number of nitrogens with zero attached hydrogens (tertiary/aromatic N) is 2. The molecule has 0 fully saturated rings. The fourth-order valence-corrected chi connectivity index (χ4v) is 4.26. The van der Waals surface area contributed by atoms with E-state index in [1.807, 2.05) is 12.1 Å². The maximum absolute atomic E-state index is 14.6. The lowest BCUT2D eigenvalue weighted by molar-refractivity contribution is 0.0728. The Balaban J connectivity index is 1.46. The summed E-state index contributed by atoms with van der Waals surface area (Å²) in [5.41, 5.74) is 2.02. The minimum Gasteiger partial charge on any atom is -0.493 e. The molecule has 0 bridgehead atoms. The Morgan fingerprint density at radius 1 is 0.763 bits per heavy atom. The van der Waals surface area contributed by atoms with Gasteiger partial charge in [-0.05, 0) is 37.0 Å². The maximum atomic E-state index is 14.6. The van der Waals surface area contributed by atoms with E-state index in [4.69, 9.17) is 9.47 Å². The van der Waals surface area contributed by atoms with Gasteiger partial charge in [0.15, 0.2) is 11.6 Å². The third-order valence-corrected chi connectivity index (χ3v) is 6.55. The Labute approximate surface area is 226 Å². The molecule has 0 aliphatic carbocycles. The fraction of sp³-hybridized carbons (Fsp3) is 0.469. The second-order valence-electron chi connectivity index (χ2n) is 9.75. The number of carbonyl (C=O) groups is 1. The van der Waals surface area contributed by atoms with Crippen LogP contribution in [-0.2, 0) is 6.42 Å². The van der Waals surface area contributed by atoms with Crippen LogP contribution in [-0.4, -0.2) is 22.5 Å². The second-order valence-corrected chi connectivity index (χ2v) is 9.75. The number of ether oxygens (including phenoxy) is 2. The van der Waals surface area contributed by atoms with Crippen LogP contribution in [0.25, 0.3) is 11.4 Å². The minimum absolute atomic E-state index is 0.157. The maximum Gasteiger partial charge on any atom is 0.346 e. The van der Waals surface area contributed by atoms with E-state index in [2.05, 4.69) is 35.9 Å². The molecule has 204 valence electrons. The molecule has 2 aromatic carbocycles. The van der Waals surface area contributed by atoms with Gasteiger partial charge in [0.05, 0.1) is 24.6 Å². The Morgan fingerprint density at radius 2 is 1.39 bits per heavy atom. The van der Waals surface area contributed by atoms with Gasteiger partial charge in [0.25, 0.3) is 0 Å². The van der Waals surface area contributed by atoms with Gasteiger partial charge in [0, 0.05) is 11.6 Å². The molecule has 0 spiro atoms. The van der Waals surface area contributed by atoms with Crippen molar-refractivity contribution in [2.24, 2.45) is 0 Å². The largest absolute Gasteiger partial charge is 0.493 e. The zero-order valence-corrected chi connectivity index (χ0v) is 22.9. The van der Waals surface area contributed by atoms with Crippen LogP contribution < -0.4 is 9.47 Å². The number of aromatic nitrogens is 2. The van der Waals surface area contributed by atoms with Crippen LogP contribution in [0.4, 0.5) is 4.39 Å².